The minimum Gasteiger partial charge on any atom is -0.447 e. The van der Waals surface area contributed by atoms with Gasteiger partial charge in [0.15, 0.2) is 0 Å². The average Bonchev–Trinajstić information content (AvgIpc) is 2.80. The van der Waals surface area contributed by atoms with Gasteiger partial charge in [-0.3, -0.25) is 24.6 Å². The zero-order valence-corrected chi connectivity index (χ0v) is 11.2. The largest absolute Gasteiger partial charge is 0.447 e. The number of imide groups is 1. The zero-order valence-electron chi connectivity index (χ0n) is 11.2. The highest BCUT2D eigenvalue weighted by Gasteiger charge is 2.33. The standard InChI is InChI=1S/C13H11N3O6/c14-13(19)22-7-10(15-11(17)5-6-12(15)18)8-1-3-9(4-2-8)16(20)21/h1-6,10H,7H2,(H2,14,19). The van der Waals surface area contributed by atoms with Gasteiger partial charge in [-0.2, -0.15) is 0 Å². The molecule has 1 heterocycles. The highest BCUT2D eigenvalue weighted by atomic mass is 16.6. The van der Waals surface area contributed by atoms with Crippen LogP contribution in [0.4, 0.5) is 10.5 Å². The molecular weight excluding hydrogens is 294 g/mol. The summed E-state index contributed by atoms with van der Waals surface area (Å²) in [4.78, 5) is 45.2. The third-order valence-corrected chi connectivity index (χ3v) is 3.03. The number of carbonyl (C=O) groups excluding carboxylic acids is 3. The number of carbonyl (C=O) groups is 3. The first-order valence-corrected chi connectivity index (χ1v) is 6.12. The summed E-state index contributed by atoms with van der Waals surface area (Å²) >= 11 is 0. The van der Waals surface area contributed by atoms with E-state index >= 15 is 0 Å². The normalized spacial score (nSPS) is 15.0. The number of nitro groups is 1. The monoisotopic (exact) mass is 305 g/mol. The zero-order chi connectivity index (χ0) is 16.3. The molecule has 0 aliphatic carbocycles. The molecule has 0 aromatic heterocycles. The van der Waals surface area contributed by atoms with Gasteiger partial charge in [-0.05, 0) is 17.7 Å². The molecule has 2 N–H and O–H groups in total. The lowest BCUT2D eigenvalue weighted by molar-refractivity contribution is -0.384. The molecule has 0 bridgehead atoms. The van der Waals surface area contributed by atoms with Crippen LogP contribution in [-0.2, 0) is 14.3 Å². The van der Waals surface area contributed by atoms with Crippen molar-refractivity contribution in [2.45, 2.75) is 6.04 Å². The molecule has 9 heteroatoms. The highest BCUT2D eigenvalue weighted by molar-refractivity contribution is 6.13. The summed E-state index contributed by atoms with van der Waals surface area (Å²) in [5.41, 5.74) is 5.15. The number of non-ortho nitro benzene ring substituents is 1. The second-order valence-electron chi connectivity index (χ2n) is 4.37. The number of ether oxygens (including phenoxy) is 1. The van der Waals surface area contributed by atoms with Crippen molar-refractivity contribution in [2.24, 2.45) is 5.73 Å². The number of nitrogens with two attached hydrogens (primary N) is 1. The summed E-state index contributed by atoms with van der Waals surface area (Å²) in [6, 6.07) is 4.30. The summed E-state index contributed by atoms with van der Waals surface area (Å²) in [7, 11) is 0. The van der Waals surface area contributed by atoms with Crippen LogP contribution in [0.5, 0.6) is 0 Å². The van der Waals surface area contributed by atoms with Crippen LogP contribution in [0.25, 0.3) is 0 Å². The molecule has 22 heavy (non-hydrogen) atoms. The number of nitrogens with zero attached hydrogens (tertiary/aromatic N) is 2. The van der Waals surface area contributed by atoms with Crippen molar-refractivity contribution in [3.8, 4) is 0 Å². The molecule has 1 atom stereocenters. The quantitative estimate of drug-likeness (QED) is 0.482. The van der Waals surface area contributed by atoms with Crippen molar-refractivity contribution in [2.75, 3.05) is 6.61 Å². The minimum atomic E-state index is -1.06. The number of primary amides is 1. The molecule has 1 aliphatic rings. The van der Waals surface area contributed by atoms with Crippen LogP contribution in [0.15, 0.2) is 36.4 Å². The predicted molar refractivity (Wildman–Crippen MR) is 72.4 cm³/mol. The van der Waals surface area contributed by atoms with E-state index in [2.05, 4.69) is 4.74 Å². The second-order valence-corrected chi connectivity index (χ2v) is 4.37. The fourth-order valence-corrected chi connectivity index (χ4v) is 2.02. The summed E-state index contributed by atoms with van der Waals surface area (Å²) in [6.07, 6.45) is 1.12. The predicted octanol–water partition coefficient (Wildman–Crippen LogP) is 0.656. The molecule has 0 saturated carbocycles. The Morgan fingerprint density at radius 1 is 1.23 bits per heavy atom. The molecule has 2 rings (SSSR count). The van der Waals surface area contributed by atoms with Gasteiger partial charge in [0.1, 0.15) is 6.61 Å². The van der Waals surface area contributed by atoms with Crippen molar-refractivity contribution in [3.63, 3.8) is 0 Å². The van der Waals surface area contributed by atoms with E-state index in [1.807, 2.05) is 0 Å². The van der Waals surface area contributed by atoms with Gasteiger partial charge in [0.25, 0.3) is 17.5 Å². The van der Waals surface area contributed by atoms with E-state index in [9.17, 15) is 24.5 Å². The van der Waals surface area contributed by atoms with Crippen molar-refractivity contribution >= 4 is 23.6 Å². The summed E-state index contributed by atoms with van der Waals surface area (Å²) in [5, 5.41) is 10.6. The Morgan fingerprint density at radius 2 is 1.77 bits per heavy atom. The van der Waals surface area contributed by atoms with Gasteiger partial charge in [-0.1, -0.05) is 0 Å². The van der Waals surface area contributed by atoms with Crippen molar-refractivity contribution in [3.05, 3.63) is 52.1 Å². The maximum atomic E-state index is 11.8. The maximum Gasteiger partial charge on any atom is 0.404 e. The molecule has 0 saturated heterocycles. The van der Waals surface area contributed by atoms with Crippen LogP contribution < -0.4 is 5.73 Å². The van der Waals surface area contributed by atoms with Gasteiger partial charge < -0.3 is 10.5 Å². The number of nitro benzene ring substituents is 1. The summed E-state index contributed by atoms with van der Waals surface area (Å²) < 4.78 is 4.68. The molecule has 1 unspecified atom stereocenters. The fourth-order valence-electron chi connectivity index (χ4n) is 2.02. The Kier molecular flexibility index (Phi) is 4.16. The Balaban J connectivity index is 2.31. The van der Waals surface area contributed by atoms with Gasteiger partial charge in [-0.25, -0.2) is 4.79 Å². The van der Waals surface area contributed by atoms with Crippen LogP contribution >= 0.6 is 0 Å². The van der Waals surface area contributed by atoms with E-state index in [4.69, 9.17) is 5.73 Å². The first-order valence-electron chi connectivity index (χ1n) is 6.12. The van der Waals surface area contributed by atoms with Crippen LogP contribution in [0.1, 0.15) is 11.6 Å². The number of benzene rings is 1. The van der Waals surface area contributed by atoms with Crippen LogP contribution in [0, 0.1) is 10.1 Å². The van der Waals surface area contributed by atoms with E-state index < -0.39 is 28.9 Å². The Labute approximate surface area is 124 Å². The first-order chi connectivity index (χ1) is 10.4. The molecule has 0 fully saturated rings. The van der Waals surface area contributed by atoms with Gasteiger partial charge in [0.2, 0.25) is 0 Å². The van der Waals surface area contributed by atoms with E-state index in [1.165, 1.54) is 24.3 Å². The molecule has 1 aromatic rings. The van der Waals surface area contributed by atoms with E-state index in [0.717, 1.165) is 17.1 Å². The molecule has 9 nitrogen and oxygen atoms in total. The maximum absolute atomic E-state index is 11.8. The number of amides is 3. The molecule has 1 aromatic carbocycles. The van der Waals surface area contributed by atoms with E-state index in [1.54, 1.807) is 0 Å². The van der Waals surface area contributed by atoms with Crippen LogP contribution in [0.2, 0.25) is 0 Å². The lowest BCUT2D eigenvalue weighted by Crippen LogP contribution is -2.37. The van der Waals surface area contributed by atoms with Crippen LogP contribution in [-0.4, -0.2) is 34.3 Å². The van der Waals surface area contributed by atoms with E-state index in [-0.39, 0.29) is 12.3 Å². The topological polar surface area (TPSA) is 133 Å². The van der Waals surface area contributed by atoms with Crippen molar-refractivity contribution < 1.29 is 24.0 Å². The number of hydrogen-bond acceptors (Lipinski definition) is 6. The average molecular weight is 305 g/mol. The molecule has 3 amide bonds. The highest BCUT2D eigenvalue weighted by Crippen LogP contribution is 2.26. The number of hydrogen-bond donors (Lipinski definition) is 1. The Hall–Kier alpha value is -3.23. The van der Waals surface area contributed by atoms with Gasteiger partial charge >= 0.3 is 6.09 Å². The molecule has 0 radical (unpaired) electrons. The van der Waals surface area contributed by atoms with Gasteiger partial charge in [0, 0.05) is 24.3 Å². The van der Waals surface area contributed by atoms with Crippen molar-refractivity contribution in [1.82, 2.24) is 4.90 Å². The molecular formula is C13H11N3O6. The van der Waals surface area contributed by atoms with Gasteiger partial charge in [0.05, 0.1) is 11.0 Å². The number of rotatable bonds is 5. The Morgan fingerprint density at radius 3 is 2.23 bits per heavy atom. The Bertz CT molecular complexity index is 649. The molecule has 1 aliphatic heterocycles. The fraction of sp³-hybridized carbons (Fsp3) is 0.154. The summed E-state index contributed by atoms with van der Waals surface area (Å²) in [6.45, 7) is -0.341. The minimum absolute atomic E-state index is 0.143. The summed E-state index contributed by atoms with van der Waals surface area (Å²) in [5.74, 6) is -1.14. The lowest BCUT2D eigenvalue weighted by Gasteiger charge is -2.25. The van der Waals surface area contributed by atoms with Gasteiger partial charge in [-0.15, -0.1) is 0 Å². The second kappa shape index (κ2) is 6.04. The van der Waals surface area contributed by atoms with Crippen LogP contribution in [0.3, 0.4) is 0 Å². The van der Waals surface area contributed by atoms with E-state index in [0.29, 0.717) is 5.56 Å². The lowest BCUT2D eigenvalue weighted by atomic mass is 10.1. The van der Waals surface area contributed by atoms with Crippen molar-refractivity contribution in [1.29, 1.82) is 0 Å². The molecule has 114 valence electrons. The smallest absolute Gasteiger partial charge is 0.404 e. The third-order valence-electron chi connectivity index (χ3n) is 3.03. The third kappa shape index (κ3) is 3.08. The first kappa shape index (κ1) is 15.2. The molecule has 0 spiro atoms. The SMILES string of the molecule is NC(=O)OCC(c1ccc([N+](=O)[O-])cc1)N1C(=O)C=CC1=O.